The van der Waals surface area contributed by atoms with Crippen LogP contribution in [-0.4, -0.2) is 40.4 Å². The SMILES string of the molecule is O=C(Cc1cccnc1)NC(CO)CO. The second-order valence-electron chi connectivity index (χ2n) is 3.17. The van der Waals surface area contributed by atoms with Crippen molar-refractivity contribution >= 4 is 5.91 Å². The molecule has 1 heterocycles. The Kier molecular flexibility index (Phi) is 4.73. The van der Waals surface area contributed by atoms with Crippen molar-refractivity contribution in [2.24, 2.45) is 0 Å². The second kappa shape index (κ2) is 6.10. The van der Waals surface area contributed by atoms with Crippen molar-refractivity contribution in [3.05, 3.63) is 30.1 Å². The standard InChI is InChI=1S/C10H14N2O3/c13-6-9(7-14)12-10(15)4-8-2-1-3-11-5-8/h1-3,5,9,13-14H,4,6-7H2,(H,12,15). The molecule has 0 aliphatic heterocycles. The van der Waals surface area contributed by atoms with E-state index in [4.69, 9.17) is 10.2 Å². The van der Waals surface area contributed by atoms with Crippen LogP contribution in [0.15, 0.2) is 24.5 Å². The normalized spacial score (nSPS) is 10.3. The number of hydrogen-bond donors (Lipinski definition) is 3. The van der Waals surface area contributed by atoms with Gasteiger partial charge in [-0.3, -0.25) is 9.78 Å². The fourth-order valence-electron chi connectivity index (χ4n) is 1.12. The fraction of sp³-hybridized carbons (Fsp3) is 0.400. The smallest absolute Gasteiger partial charge is 0.224 e. The van der Waals surface area contributed by atoms with E-state index in [-0.39, 0.29) is 25.5 Å². The minimum absolute atomic E-state index is 0.199. The predicted octanol–water partition coefficient (Wildman–Crippen LogP) is -0.907. The Morgan fingerprint density at radius 2 is 2.20 bits per heavy atom. The molecule has 1 aromatic heterocycles. The molecule has 0 bridgehead atoms. The molecule has 0 atom stereocenters. The topological polar surface area (TPSA) is 82.5 Å². The van der Waals surface area contributed by atoms with E-state index in [2.05, 4.69) is 10.3 Å². The monoisotopic (exact) mass is 210 g/mol. The van der Waals surface area contributed by atoms with E-state index in [1.54, 1.807) is 24.5 Å². The van der Waals surface area contributed by atoms with Gasteiger partial charge in [0.1, 0.15) is 0 Å². The van der Waals surface area contributed by atoms with Gasteiger partial charge in [0.25, 0.3) is 0 Å². The summed E-state index contributed by atoms with van der Waals surface area (Å²) in [5.74, 6) is -0.240. The largest absolute Gasteiger partial charge is 0.394 e. The van der Waals surface area contributed by atoms with Gasteiger partial charge < -0.3 is 15.5 Å². The van der Waals surface area contributed by atoms with Crippen molar-refractivity contribution in [2.75, 3.05) is 13.2 Å². The molecule has 3 N–H and O–H groups in total. The molecule has 5 nitrogen and oxygen atoms in total. The molecule has 82 valence electrons. The molecule has 0 saturated heterocycles. The molecule has 1 amide bonds. The van der Waals surface area contributed by atoms with Gasteiger partial charge >= 0.3 is 0 Å². The molecular formula is C10H14N2O3. The summed E-state index contributed by atoms with van der Waals surface area (Å²) >= 11 is 0. The third kappa shape index (κ3) is 4.05. The van der Waals surface area contributed by atoms with Crippen LogP contribution in [0.3, 0.4) is 0 Å². The molecule has 0 aliphatic carbocycles. The lowest BCUT2D eigenvalue weighted by atomic mass is 10.2. The van der Waals surface area contributed by atoms with E-state index < -0.39 is 6.04 Å². The molecule has 1 rings (SSSR count). The number of aliphatic hydroxyl groups excluding tert-OH is 2. The van der Waals surface area contributed by atoms with E-state index >= 15 is 0 Å². The van der Waals surface area contributed by atoms with E-state index in [1.807, 2.05) is 0 Å². The summed E-state index contributed by atoms with van der Waals surface area (Å²) < 4.78 is 0. The first-order valence-electron chi connectivity index (χ1n) is 4.66. The zero-order valence-electron chi connectivity index (χ0n) is 8.26. The van der Waals surface area contributed by atoms with Crippen molar-refractivity contribution in [1.29, 1.82) is 0 Å². The minimum Gasteiger partial charge on any atom is -0.394 e. The van der Waals surface area contributed by atoms with Gasteiger partial charge in [0.05, 0.1) is 25.7 Å². The van der Waals surface area contributed by atoms with Crippen LogP contribution in [0.4, 0.5) is 0 Å². The Morgan fingerprint density at radius 1 is 1.47 bits per heavy atom. The quantitative estimate of drug-likeness (QED) is 0.588. The van der Waals surface area contributed by atoms with E-state index in [0.29, 0.717) is 0 Å². The van der Waals surface area contributed by atoms with E-state index in [1.165, 1.54) is 0 Å². The summed E-state index contributed by atoms with van der Waals surface area (Å²) in [5.41, 5.74) is 0.796. The molecule has 0 spiro atoms. The number of nitrogens with zero attached hydrogens (tertiary/aromatic N) is 1. The molecular weight excluding hydrogens is 196 g/mol. The van der Waals surface area contributed by atoms with E-state index in [0.717, 1.165) is 5.56 Å². The van der Waals surface area contributed by atoms with Crippen LogP contribution in [0, 0.1) is 0 Å². The highest BCUT2D eigenvalue weighted by Crippen LogP contribution is 1.97. The zero-order valence-corrected chi connectivity index (χ0v) is 8.26. The van der Waals surface area contributed by atoms with Crippen molar-refractivity contribution in [3.8, 4) is 0 Å². The molecule has 0 unspecified atom stereocenters. The zero-order chi connectivity index (χ0) is 11.1. The molecule has 0 aromatic carbocycles. The maximum absolute atomic E-state index is 11.4. The first kappa shape index (κ1) is 11.6. The van der Waals surface area contributed by atoms with Gasteiger partial charge in [-0.05, 0) is 11.6 Å². The van der Waals surface area contributed by atoms with Gasteiger partial charge in [0.2, 0.25) is 5.91 Å². The molecule has 15 heavy (non-hydrogen) atoms. The number of carbonyl (C=O) groups is 1. The average molecular weight is 210 g/mol. The maximum atomic E-state index is 11.4. The second-order valence-corrected chi connectivity index (χ2v) is 3.17. The Bertz CT molecular complexity index is 299. The Balaban J connectivity index is 2.43. The van der Waals surface area contributed by atoms with Crippen molar-refractivity contribution in [1.82, 2.24) is 10.3 Å². The van der Waals surface area contributed by atoms with Gasteiger partial charge in [0.15, 0.2) is 0 Å². The lowest BCUT2D eigenvalue weighted by Gasteiger charge is -2.12. The predicted molar refractivity (Wildman–Crippen MR) is 54.0 cm³/mol. The van der Waals surface area contributed by atoms with Crippen molar-refractivity contribution in [3.63, 3.8) is 0 Å². The van der Waals surface area contributed by atoms with Gasteiger partial charge in [-0.25, -0.2) is 0 Å². The lowest BCUT2D eigenvalue weighted by molar-refractivity contribution is -0.121. The fourth-order valence-corrected chi connectivity index (χ4v) is 1.12. The molecule has 5 heteroatoms. The number of amides is 1. The summed E-state index contributed by atoms with van der Waals surface area (Å²) in [4.78, 5) is 15.3. The first-order valence-corrected chi connectivity index (χ1v) is 4.66. The minimum atomic E-state index is -0.589. The van der Waals surface area contributed by atoms with Gasteiger partial charge in [0, 0.05) is 12.4 Å². The number of rotatable bonds is 5. The van der Waals surface area contributed by atoms with Crippen molar-refractivity contribution < 1.29 is 15.0 Å². The third-order valence-corrected chi connectivity index (χ3v) is 1.89. The first-order chi connectivity index (χ1) is 7.26. The summed E-state index contributed by atoms with van der Waals surface area (Å²) in [7, 11) is 0. The number of aliphatic hydroxyl groups is 2. The van der Waals surface area contributed by atoms with Crippen LogP contribution in [0.2, 0.25) is 0 Å². The number of carbonyl (C=O) groups excluding carboxylic acids is 1. The van der Waals surface area contributed by atoms with Gasteiger partial charge in [-0.15, -0.1) is 0 Å². The van der Waals surface area contributed by atoms with Gasteiger partial charge in [-0.2, -0.15) is 0 Å². The Labute approximate surface area is 87.8 Å². The Morgan fingerprint density at radius 3 is 2.73 bits per heavy atom. The summed E-state index contributed by atoms with van der Waals surface area (Å²) in [5, 5.41) is 20.0. The van der Waals surface area contributed by atoms with Crippen LogP contribution in [0.25, 0.3) is 0 Å². The number of hydrogen-bond acceptors (Lipinski definition) is 4. The van der Waals surface area contributed by atoms with E-state index in [9.17, 15) is 4.79 Å². The van der Waals surface area contributed by atoms with Crippen LogP contribution in [0.1, 0.15) is 5.56 Å². The summed E-state index contributed by atoms with van der Waals surface area (Å²) in [6.45, 7) is -0.537. The molecule has 0 radical (unpaired) electrons. The third-order valence-electron chi connectivity index (χ3n) is 1.89. The molecule has 0 saturated carbocycles. The lowest BCUT2D eigenvalue weighted by Crippen LogP contribution is -2.40. The highest BCUT2D eigenvalue weighted by molar-refractivity contribution is 5.78. The van der Waals surface area contributed by atoms with Crippen LogP contribution < -0.4 is 5.32 Å². The van der Waals surface area contributed by atoms with Gasteiger partial charge in [-0.1, -0.05) is 6.07 Å². The average Bonchev–Trinajstić information content (AvgIpc) is 2.27. The number of aromatic nitrogens is 1. The van der Waals surface area contributed by atoms with Crippen LogP contribution >= 0.6 is 0 Å². The summed E-state index contributed by atoms with van der Waals surface area (Å²) in [6.07, 6.45) is 3.43. The number of pyridine rings is 1. The molecule has 0 fully saturated rings. The molecule has 0 aliphatic rings. The van der Waals surface area contributed by atoms with Crippen LogP contribution in [0.5, 0.6) is 0 Å². The maximum Gasteiger partial charge on any atom is 0.224 e. The highest BCUT2D eigenvalue weighted by atomic mass is 16.3. The Hall–Kier alpha value is -1.46. The molecule has 1 aromatic rings. The van der Waals surface area contributed by atoms with Crippen molar-refractivity contribution in [2.45, 2.75) is 12.5 Å². The highest BCUT2D eigenvalue weighted by Gasteiger charge is 2.10. The van der Waals surface area contributed by atoms with Crippen LogP contribution in [-0.2, 0) is 11.2 Å². The number of nitrogens with one attached hydrogen (secondary N) is 1. The summed E-state index contributed by atoms with van der Waals surface area (Å²) in [6, 6.07) is 2.95.